The van der Waals surface area contributed by atoms with Crippen LogP contribution in [0.5, 0.6) is 0 Å². The second-order valence-electron chi connectivity index (χ2n) is 5.04. The van der Waals surface area contributed by atoms with Crippen molar-refractivity contribution >= 4 is 0 Å². The molecule has 0 radical (unpaired) electrons. The molecule has 2 aromatic carbocycles. The summed E-state index contributed by atoms with van der Waals surface area (Å²) in [4.78, 5) is 11.0. The molecule has 0 amide bonds. The third-order valence-electron chi connectivity index (χ3n) is 4.03. The van der Waals surface area contributed by atoms with Crippen molar-refractivity contribution in [1.82, 2.24) is 0 Å². The van der Waals surface area contributed by atoms with Crippen LogP contribution >= 0.6 is 0 Å². The van der Waals surface area contributed by atoms with Crippen LogP contribution in [0.1, 0.15) is 29.4 Å². The van der Waals surface area contributed by atoms with Gasteiger partial charge >= 0.3 is 0 Å². The van der Waals surface area contributed by atoms with Crippen LogP contribution in [0.3, 0.4) is 0 Å². The predicted octanol–water partition coefficient (Wildman–Crippen LogP) is 3.60. The van der Waals surface area contributed by atoms with E-state index in [4.69, 9.17) is 0 Å². The number of hydrogen-bond donors (Lipinski definition) is 0. The molecule has 3 nitrogen and oxygen atoms in total. The third kappa shape index (κ3) is 2.12. The highest BCUT2D eigenvalue weighted by molar-refractivity contribution is 5.34. The van der Waals surface area contributed by atoms with Gasteiger partial charge in [0.15, 0.2) is 0 Å². The normalized spacial score (nSPS) is 25.6. The minimum Gasteiger partial charge on any atom is -0.264 e. The topological polar surface area (TPSA) is 43.1 Å². The van der Waals surface area contributed by atoms with E-state index in [0.29, 0.717) is 6.42 Å². The number of hydrogen-bond acceptors (Lipinski definition) is 2. The number of rotatable bonds is 3. The molecule has 3 heteroatoms. The summed E-state index contributed by atoms with van der Waals surface area (Å²) in [6.45, 7) is 0. The first kappa shape index (κ1) is 11.9. The Labute approximate surface area is 112 Å². The van der Waals surface area contributed by atoms with Gasteiger partial charge in [-0.2, -0.15) is 0 Å². The summed E-state index contributed by atoms with van der Waals surface area (Å²) in [7, 11) is 0. The number of nitro groups is 1. The molecule has 0 bridgehead atoms. The van der Waals surface area contributed by atoms with Gasteiger partial charge in [-0.25, -0.2) is 0 Å². The Morgan fingerprint density at radius 1 is 0.895 bits per heavy atom. The van der Waals surface area contributed by atoms with Crippen LogP contribution in [-0.4, -0.2) is 11.0 Å². The van der Waals surface area contributed by atoms with Crippen LogP contribution in [0.25, 0.3) is 0 Å². The molecular formula is C16H15NO2. The summed E-state index contributed by atoms with van der Waals surface area (Å²) in [5, 5.41) is 11.1. The van der Waals surface area contributed by atoms with Gasteiger partial charge in [-0.05, 0) is 11.1 Å². The molecule has 3 rings (SSSR count). The SMILES string of the molecule is O=[N+]([O-])[C@@H]1C[C@H](c2ccccc2)[C@H]1c1ccccc1. The van der Waals surface area contributed by atoms with Gasteiger partial charge in [-0.1, -0.05) is 60.7 Å². The molecular weight excluding hydrogens is 238 g/mol. The maximum Gasteiger partial charge on any atom is 0.221 e. The van der Waals surface area contributed by atoms with E-state index < -0.39 is 6.04 Å². The van der Waals surface area contributed by atoms with Gasteiger partial charge in [0.1, 0.15) is 0 Å². The van der Waals surface area contributed by atoms with Crippen LogP contribution in [0, 0.1) is 10.1 Å². The highest BCUT2D eigenvalue weighted by atomic mass is 16.6. The van der Waals surface area contributed by atoms with E-state index in [0.717, 1.165) is 5.56 Å². The molecule has 3 atom stereocenters. The van der Waals surface area contributed by atoms with Crippen LogP contribution in [-0.2, 0) is 0 Å². The van der Waals surface area contributed by atoms with Crippen molar-refractivity contribution < 1.29 is 4.92 Å². The summed E-state index contributed by atoms with van der Waals surface area (Å²) in [5.74, 6) is 0.262. The van der Waals surface area contributed by atoms with Crippen LogP contribution in [0.15, 0.2) is 60.7 Å². The van der Waals surface area contributed by atoms with Crippen molar-refractivity contribution in [3.63, 3.8) is 0 Å². The van der Waals surface area contributed by atoms with Crippen molar-refractivity contribution in [2.45, 2.75) is 24.3 Å². The molecule has 0 spiro atoms. The van der Waals surface area contributed by atoms with E-state index in [2.05, 4.69) is 12.1 Å². The minimum atomic E-state index is -0.451. The maximum atomic E-state index is 11.1. The molecule has 1 aliphatic rings. The summed E-state index contributed by atoms with van der Waals surface area (Å²) in [5.41, 5.74) is 2.28. The quantitative estimate of drug-likeness (QED) is 0.619. The Morgan fingerprint density at radius 2 is 1.42 bits per heavy atom. The molecule has 19 heavy (non-hydrogen) atoms. The van der Waals surface area contributed by atoms with Gasteiger partial charge in [0.25, 0.3) is 0 Å². The van der Waals surface area contributed by atoms with Crippen LogP contribution < -0.4 is 0 Å². The Bertz CT molecular complexity index is 568. The zero-order chi connectivity index (χ0) is 13.2. The minimum absolute atomic E-state index is 0.00130. The zero-order valence-corrected chi connectivity index (χ0v) is 10.5. The largest absolute Gasteiger partial charge is 0.264 e. The standard InChI is InChI=1S/C16H15NO2/c18-17(19)15-11-14(12-7-3-1-4-8-12)16(15)13-9-5-2-6-10-13/h1-10,14-16H,11H2/t14-,15-,16-/m1/s1. The Balaban J connectivity index is 1.93. The van der Waals surface area contributed by atoms with Gasteiger partial charge in [-0.15, -0.1) is 0 Å². The highest BCUT2D eigenvalue weighted by Gasteiger charge is 2.50. The fraction of sp³-hybridized carbons (Fsp3) is 0.250. The van der Waals surface area contributed by atoms with Crippen molar-refractivity contribution in [1.29, 1.82) is 0 Å². The lowest BCUT2D eigenvalue weighted by molar-refractivity contribution is -0.542. The molecule has 1 aliphatic carbocycles. The molecule has 1 fully saturated rings. The average Bonchev–Trinajstić information content (AvgIpc) is 2.39. The van der Waals surface area contributed by atoms with Gasteiger partial charge in [0.2, 0.25) is 6.04 Å². The van der Waals surface area contributed by atoms with E-state index in [9.17, 15) is 10.1 Å². The summed E-state index contributed by atoms with van der Waals surface area (Å²) in [6, 6.07) is 19.5. The zero-order valence-electron chi connectivity index (χ0n) is 10.5. The number of benzene rings is 2. The van der Waals surface area contributed by atoms with E-state index >= 15 is 0 Å². The fourth-order valence-corrected chi connectivity index (χ4v) is 3.02. The fourth-order valence-electron chi connectivity index (χ4n) is 3.02. The maximum absolute atomic E-state index is 11.1. The molecule has 0 aromatic heterocycles. The average molecular weight is 253 g/mol. The van der Waals surface area contributed by atoms with Crippen molar-refractivity contribution in [3.8, 4) is 0 Å². The molecule has 0 saturated heterocycles. The molecule has 2 aromatic rings. The van der Waals surface area contributed by atoms with Crippen molar-refractivity contribution in [3.05, 3.63) is 81.9 Å². The van der Waals surface area contributed by atoms with E-state index in [1.54, 1.807) is 0 Å². The first-order valence-corrected chi connectivity index (χ1v) is 6.51. The number of nitrogens with zero attached hydrogens (tertiary/aromatic N) is 1. The van der Waals surface area contributed by atoms with Gasteiger partial charge in [0.05, 0.1) is 5.92 Å². The second-order valence-corrected chi connectivity index (χ2v) is 5.04. The summed E-state index contributed by atoms with van der Waals surface area (Å²) < 4.78 is 0. The molecule has 0 N–H and O–H groups in total. The first-order chi connectivity index (χ1) is 9.27. The van der Waals surface area contributed by atoms with E-state index in [-0.39, 0.29) is 16.8 Å². The molecule has 96 valence electrons. The summed E-state index contributed by atoms with van der Waals surface area (Å²) in [6.07, 6.45) is 0.635. The Morgan fingerprint density at radius 3 is 1.95 bits per heavy atom. The monoisotopic (exact) mass is 253 g/mol. The molecule has 0 aliphatic heterocycles. The lowest BCUT2D eigenvalue weighted by Crippen LogP contribution is -2.43. The lowest BCUT2D eigenvalue weighted by atomic mass is 9.63. The Kier molecular flexibility index (Phi) is 3.03. The van der Waals surface area contributed by atoms with Gasteiger partial charge in [-0.3, -0.25) is 10.1 Å². The van der Waals surface area contributed by atoms with Crippen molar-refractivity contribution in [2.75, 3.05) is 0 Å². The third-order valence-corrected chi connectivity index (χ3v) is 4.03. The van der Waals surface area contributed by atoms with Crippen molar-refractivity contribution in [2.24, 2.45) is 0 Å². The highest BCUT2D eigenvalue weighted by Crippen LogP contribution is 2.50. The van der Waals surface area contributed by atoms with Crippen LogP contribution in [0.2, 0.25) is 0 Å². The predicted molar refractivity (Wildman–Crippen MR) is 73.8 cm³/mol. The molecule has 0 heterocycles. The van der Waals surface area contributed by atoms with Crippen LogP contribution in [0.4, 0.5) is 0 Å². The molecule has 1 saturated carbocycles. The lowest BCUT2D eigenvalue weighted by Gasteiger charge is -2.39. The Hall–Kier alpha value is -2.16. The first-order valence-electron chi connectivity index (χ1n) is 6.51. The van der Waals surface area contributed by atoms with E-state index in [1.807, 2.05) is 48.5 Å². The van der Waals surface area contributed by atoms with Gasteiger partial charge < -0.3 is 0 Å². The van der Waals surface area contributed by atoms with E-state index in [1.165, 1.54) is 5.56 Å². The smallest absolute Gasteiger partial charge is 0.221 e. The second kappa shape index (κ2) is 4.84. The van der Waals surface area contributed by atoms with Gasteiger partial charge in [0, 0.05) is 17.3 Å². The summed E-state index contributed by atoms with van der Waals surface area (Å²) >= 11 is 0. The molecule has 0 unspecified atom stereocenters.